The summed E-state index contributed by atoms with van der Waals surface area (Å²) < 4.78 is 16.1. The third-order valence-corrected chi connectivity index (χ3v) is 1.16. The number of halogens is 1. The molecule has 1 aromatic heterocycles. The fraction of sp³-hybridized carbons (Fsp3) is 0.333. The van der Waals surface area contributed by atoms with Gasteiger partial charge in [-0.05, 0) is 6.92 Å². The summed E-state index contributed by atoms with van der Waals surface area (Å²) in [7, 11) is 0. The number of aromatic nitrogens is 1. The first-order valence-electron chi connectivity index (χ1n) is 2.92. The molecule has 1 aromatic rings. The first-order chi connectivity index (χ1) is 5.15. The smallest absolute Gasteiger partial charge is 0.416 e. The molecule has 0 aliphatic carbocycles. The molecule has 0 bridgehead atoms. The largest absolute Gasteiger partial charge is 0.434 e. The molecule has 0 fully saturated rings. The molecule has 0 radical (unpaired) electrons. The minimum atomic E-state index is -1.15. The zero-order valence-corrected chi connectivity index (χ0v) is 6.05. The van der Waals surface area contributed by atoms with E-state index in [4.69, 9.17) is 4.42 Å². The highest BCUT2D eigenvalue weighted by Gasteiger charge is 2.17. The molecule has 1 rings (SSSR count). The van der Waals surface area contributed by atoms with Crippen molar-refractivity contribution in [1.82, 2.24) is 4.98 Å². The summed E-state index contributed by atoms with van der Waals surface area (Å²) in [5.41, 5.74) is 0.324. The molecule has 11 heavy (non-hydrogen) atoms. The summed E-state index contributed by atoms with van der Waals surface area (Å²) in [6.45, 7) is 3.09. The number of hydrogen-bond acceptors (Lipinski definition) is 4. The van der Waals surface area contributed by atoms with Crippen molar-refractivity contribution in [2.75, 3.05) is 0 Å². The quantitative estimate of drug-likeness (QED) is 0.620. The normalized spacial score (nSPS) is 9.73. The van der Waals surface area contributed by atoms with Crippen molar-refractivity contribution in [3.8, 4) is 0 Å². The van der Waals surface area contributed by atoms with Crippen molar-refractivity contribution in [2.45, 2.75) is 13.8 Å². The van der Waals surface area contributed by atoms with Gasteiger partial charge in [0.05, 0.1) is 5.69 Å². The number of carbonyl (C=O) groups is 1. The van der Waals surface area contributed by atoms with Crippen LogP contribution in [0.1, 0.15) is 22.1 Å². The molecule has 0 unspecified atom stereocenters. The average molecular weight is 159 g/mol. The molecule has 0 aromatic carbocycles. The zero-order chi connectivity index (χ0) is 8.43. The van der Waals surface area contributed by atoms with Crippen LogP contribution in [0.5, 0.6) is 0 Å². The van der Waals surface area contributed by atoms with Crippen molar-refractivity contribution in [1.29, 1.82) is 0 Å². The topological polar surface area (TPSA) is 52.3 Å². The Morgan fingerprint density at radius 2 is 2.27 bits per heavy atom. The molecule has 5 heteroatoms. The summed E-state index contributed by atoms with van der Waals surface area (Å²) in [5.74, 6) is -1.03. The third-order valence-electron chi connectivity index (χ3n) is 1.16. The zero-order valence-electron chi connectivity index (χ0n) is 6.05. The first kappa shape index (κ1) is 7.71. The van der Waals surface area contributed by atoms with Crippen LogP contribution < -0.4 is 0 Å². The number of aryl methyl sites for hydroxylation is 2. The molecule has 0 aliphatic heterocycles. The summed E-state index contributed by atoms with van der Waals surface area (Å²) in [6, 6.07) is 0. The van der Waals surface area contributed by atoms with Crippen LogP contribution in [0.3, 0.4) is 0 Å². The van der Waals surface area contributed by atoms with E-state index in [1.165, 1.54) is 6.92 Å². The van der Waals surface area contributed by atoms with E-state index in [0.717, 1.165) is 0 Å². The number of hydrogen-bond donors (Lipinski definition) is 0. The Labute approximate surface area is 61.9 Å². The fourth-order valence-electron chi connectivity index (χ4n) is 0.756. The van der Waals surface area contributed by atoms with Crippen molar-refractivity contribution in [3.63, 3.8) is 0 Å². The molecule has 0 saturated carbocycles. The van der Waals surface area contributed by atoms with Crippen molar-refractivity contribution < 1.29 is 18.7 Å². The Morgan fingerprint density at radius 1 is 1.64 bits per heavy atom. The van der Waals surface area contributed by atoms with Crippen LogP contribution in [-0.4, -0.2) is 11.0 Å². The Kier molecular flexibility index (Phi) is 1.89. The molecule has 4 nitrogen and oxygen atoms in total. The van der Waals surface area contributed by atoms with Gasteiger partial charge in [0.25, 0.3) is 0 Å². The van der Waals surface area contributed by atoms with E-state index in [1.807, 2.05) is 0 Å². The van der Waals surface area contributed by atoms with Gasteiger partial charge >= 0.3 is 5.97 Å². The van der Waals surface area contributed by atoms with Crippen LogP contribution in [0, 0.1) is 13.8 Å². The van der Waals surface area contributed by atoms with Crippen LogP contribution >= 0.6 is 0 Å². The monoisotopic (exact) mass is 159 g/mol. The maximum atomic E-state index is 11.3. The molecule has 60 valence electrons. The molecule has 0 spiro atoms. The second-order valence-electron chi connectivity index (χ2n) is 2.01. The number of rotatable bonds is 1. The first-order valence-corrected chi connectivity index (χ1v) is 2.92. The highest BCUT2D eigenvalue weighted by molar-refractivity contribution is 5.86. The predicted molar refractivity (Wildman–Crippen MR) is 32.5 cm³/mol. The molecular weight excluding hydrogens is 153 g/mol. The molecule has 0 saturated heterocycles. The van der Waals surface area contributed by atoms with Crippen LogP contribution in [0.4, 0.5) is 4.53 Å². The lowest BCUT2D eigenvalue weighted by Crippen LogP contribution is -1.98. The molecule has 0 amide bonds. The maximum Gasteiger partial charge on any atom is 0.416 e. The summed E-state index contributed by atoms with van der Waals surface area (Å²) in [5, 5.41) is 0. The van der Waals surface area contributed by atoms with Gasteiger partial charge in [0.2, 0.25) is 5.76 Å². The number of nitrogens with zero attached hydrogens (tertiary/aromatic N) is 1. The molecule has 0 aliphatic rings. The summed E-state index contributed by atoms with van der Waals surface area (Å²) >= 11 is 0. The number of oxazole rings is 1. The Hall–Kier alpha value is -1.39. The van der Waals surface area contributed by atoms with Gasteiger partial charge in [-0.15, -0.1) is 0 Å². The average Bonchev–Trinajstić information content (AvgIpc) is 2.28. The standard InChI is InChI=1S/C6H6FNO3/c1-3-5(6(9)11-7)10-4(2)8-3/h1-2H3. The lowest BCUT2D eigenvalue weighted by molar-refractivity contribution is -0.0813. The predicted octanol–water partition coefficient (Wildman–Crippen LogP) is 1.33. The van der Waals surface area contributed by atoms with E-state index >= 15 is 0 Å². The van der Waals surface area contributed by atoms with Crippen molar-refractivity contribution >= 4 is 5.97 Å². The van der Waals surface area contributed by atoms with Gasteiger partial charge < -0.3 is 4.42 Å². The third kappa shape index (κ3) is 1.36. The van der Waals surface area contributed by atoms with Gasteiger partial charge in [0.1, 0.15) is 0 Å². The fourth-order valence-corrected chi connectivity index (χ4v) is 0.756. The van der Waals surface area contributed by atoms with E-state index in [1.54, 1.807) is 6.92 Å². The summed E-state index contributed by atoms with van der Waals surface area (Å²) in [6.07, 6.45) is 0. The van der Waals surface area contributed by atoms with Gasteiger partial charge in [0.15, 0.2) is 5.89 Å². The van der Waals surface area contributed by atoms with Gasteiger partial charge in [-0.1, -0.05) is 0 Å². The van der Waals surface area contributed by atoms with Crippen molar-refractivity contribution in [2.24, 2.45) is 0 Å². The highest BCUT2D eigenvalue weighted by Crippen LogP contribution is 2.10. The van der Waals surface area contributed by atoms with Crippen LogP contribution in [-0.2, 0) is 4.94 Å². The van der Waals surface area contributed by atoms with Gasteiger partial charge in [-0.3, -0.25) is 0 Å². The lowest BCUT2D eigenvalue weighted by Gasteiger charge is -1.87. The van der Waals surface area contributed by atoms with Crippen LogP contribution in [0.25, 0.3) is 0 Å². The minimum Gasteiger partial charge on any atom is -0.434 e. The van der Waals surface area contributed by atoms with Gasteiger partial charge in [0, 0.05) is 11.4 Å². The molecular formula is C6H6FNO3. The molecule has 0 N–H and O–H groups in total. The summed E-state index contributed by atoms with van der Waals surface area (Å²) in [4.78, 5) is 17.2. The van der Waals surface area contributed by atoms with E-state index in [9.17, 15) is 9.32 Å². The van der Waals surface area contributed by atoms with Crippen LogP contribution in [0.2, 0.25) is 0 Å². The minimum absolute atomic E-state index is 0.190. The Bertz CT molecular complexity index is 281. The molecule has 1 heterocycles. The Morgan fingerprint density at radius 3 is 2.64 bits per heavy atom. The lowest BCUT2D eigenvalue weighted by atomic mass is 10.4. The van der Waals surface area contributed by atoms with Gasteiger partial charge in [-0.25, -0.2) is 14.7 Å². The van der Waals surface area contributed by atoms with Gasteiger partial charge in [-0.2, -0.15) is 0 Å². The molecule has 0 atom stereocenters. The highest BCUT2D eigenvalue weighted by atomic mass is 19.3. The SMILES string of the molecule is Cc1nc(C)c(C(=O)OF)o1. The van der Waals surface area contributed by atoms with E-state index in [-0.39, 0.29) is 5.76 Å². The number of carbonyl (C=O) groups excluding carboxylic acids is 1. The maximum absolute atomic E-state index is 11.3. The van der Waals surface area contributed by atoms with Crippen molar-refractivity contribution in [3.05, 3.63) is 17.3 Å². The van der Waals surface area contributed by atoms with E-state index in [0.29, 0.717) is 11.6 Å². The second-order valence-corrected chi connectivity index (χ2v) is 2.01. The Balaban J connectivity index is 3.03. The second kappa shape index (κ2) is 2.69. The van der Waals surface area contributed by atoms with E-state index < -0.39 is 5.97 Å². The van der Waals surface area contributed by atoms with E-state index in [2.05, 4.69) is 9.93 Å². The van der Waals surface area contributed by atoms with Crippen LogP contribution in [0.15, 0.2) is 4.42 Å².